The Morgan fingerprint density at radius 1 is 1.12 bits per heavy atom. The second-order valence-electron chi connectivity index (χ2n) is 5.45. The first-order valence-electron chi connectivity index (χ1n) is 5.58. The Labute approximate surface area is 101 Å². The van der Waals surface area contributed by atoms with E-state index >= 15 is 0 Å². The maximum Gasteiger partial charge on any atom is 0.306 e. The van der Waals surface area contributed by atoms with E-state index in [0.29, 0.717) is 6.42 Å². The molecule has 98 valence electrons. The van der Waals surface area contributed by atoms with Gasteiger partial charge in [0.1, 0.15) is 5.78 Å². The summed E-state index contributed by atoms with van der Waals surface area (Å²) in [6.45, 7) is 5.70. The van der Waals surface area contributed by atoms with Crippen LogP contribution in [0, 0.1) is 11.3 Å². The minimum Gasteiger partial charge on any atom is -0.481 e. The van der Waals surface area contributed by atoms with Crippen molar-refractivity contribution in [3.8, 4) is 0 Å². The number of Topliss-reactive ketones (excluding diaryl/α,β-unsaturated/α-hetero) is 1. The summed E-state index contributed by atoms with van der Waals surface area (Å²) in [5, 5.41) is 17.4. The van der Waals surface area contributed by atoms with Crippen molar-refractivity contribution in [2.75, 3.05) is 0 Å². The summed E-state index contributed by atoms with van der Waals surface area (Å²) in [4.78, 5) is 32.8. The van der Waals surface area contributed by atoms with Crippen LogP contribution in [0.2, 0.25) is 0 Å². The minimum absolute atomic E-state index is 0.000545. The average Bonchev–Trinajstić information content (AvgIpc) is 2.08. The average molecular weight is 244 g/mol. The maximum absolute atomic E-state index is 11.6. The first-order valence-corrected chi connectivity index (χ1v) is 5.58. The smallest absolute Gasteiger partial charge is 0.306 e. The summed E-state index contributed by atoms with van der Waals surface area (Å²) in [6.07, 6.45) is 0.00402. The van der Waals surface area contributed by atoms with E-state index in [2.05, 4.69) is 0 Å². The third-order valence-corrected chi connectivity index (χ3v) is 2.26. The molecule has 0 fully saturated rings. The maximum atomic E-state index is 11.6. The number of carbonyl (C=O) groups is 3. The Balaban J connectivity index is 4.30. The molecule has 0 aromatic carbocycles. The number of carboxylic acid groups (broad SMARTS) is 2. The van der Waals surface area contributed by atoms with Gasteiger partial charge in [0.05, 0.1) is 5.92 Å². The number of ketones is 1. The van der Waals surface area contributed by atoms with Gasteiger partial charge in [-0.2, -0.15) is 0 Å². The number of aliphatic carboxylic acids is 2. The molecular formula is C12H20O5. The van der Waals surface area contributed by atoms with Gasteiger partial charge in [0, 0.05) is 19.3 Å². The molecule has 5 nitrogen and oxygen atoms in total. The van der Waals surface area contributed by atoms with Crippen LogP contribution in [0.4, 0.5) is 0 Å². The van der Waals surface area contributed by atoms with Crippen molar-refractivity contribution in [3.05, 3.63) is 0 Å². The minimum atomic E-state index is -1.10. The van der Waals surface area contributed by atoms with Crippen molar-refractivity contribution in [1.82, 2.24) is 0 Å². The number of carbonyl (C=O) groups excluding carboxylic acids is 1. The molecule has 0 aliphatic carbocycles. The van der Waals surface area contributed by atoms with Gasteiger partial charge in [0.25, 0.3) is 0 Å². The SMILES string of the molecule is CC(C)(C)CC(=O)CC(CCC(=O)O)C(=O)O. The molecule has 0 aromatic heterocycles. The van der Waals surface area contributed by atoms with E-state index in [1.807, 2.05) is 20.8 Å². The Kier molecular flexibility index (Phi) is 5.85. The third-order valence-electron chi connectivity index (χ3n) is 2.26. The summed E-state index contributed by atoms with van der Waals surface area (Å²) >= 11 is 0. The Morgan fingerprint density at radius 3 is 2.00 bits per heavy atom. The standard InChI is InChI=1S/C12H20O5/c1-12(2,3)7-9(13)6-8(11(16)17)4-5-10(14)15/h8H,4-7H2,1-3H3,(H,14,15)(H,16,17). The predicted molar refractivity (Wildman–Crippen MR) is 61.7 cm³/mol. The predicted octanol–water partition coefficient (Wildman–Crippen LogP) is 1.95. The fraction of sp³-hybridized carbons (Fsp3) is 0.750. The van der Waals surface area contributed by atoms with Gasteiger partial charge in [-0.05, 0) is 11.8 Å². The summed E-state index contributed by atoms with van der Waals surface area (Å²) in [6, 6.07) is 0. The highest BCUT2D eigenvalue weighted by Crippen LogP contribution is 2.22. The lowest BCUT2D eigenvalue weighted by molar-refractivity contribution is -0.145. The molecule has 2 N–H and O–H groups in total. The molecule has 1 unspecified atom stereocenters. The topological polar surface area (TPSA) is 91.7 Å². The van der Waals surface area contributed by atoms with Crippen molar-refractivity contribution < 1.29 is 24.6 Å². The van der Waals surface area contributed by atoms with Crippen molar-refractivity contribution in [2.24, 2.45) is 11.3 Å². The van der Waals surface area contributed by atoms with Gasteiger partial charge >= 0.3 is 11.9 Å². The zero-order valence-electron chi connectivity index (χ0n) is 10.5. The monoisotopic (exact) mass is 244 g/mol. The molecule has 0 heterocycles. The fourth-order valence-electron chi connectivity index (χ4n) is 1.55. The molecule has 0 radical (unpaired) electrons. The van der Waals surface area contributed by atoms with Crippen LogP contribution in [0.5, 0.6) is 0 Å². The van der Waals surface area contributed by atoms with E-state index in [-0.39, 0.29) is 30.5 Å². The van der Waals surface area contributed by atoms with Crippen LogP contribution in [0.15, 0.2) is 0 Å². The Morgan fingerprint density at radius 2 is 1.65 bits per heavy atom. The highest BCUT2D eigenvalue weighted by molar-refractivity contribution is 5.84. The van der Waals surface area contributed by atoms with Gasteiger partial charge < -0.3 is 10.2 Å². The van der Waals surface area contributed by atoms with Gasteiger partial charge in [-0.25, -0.2) is 0 Å². The largest absolute Gasteiger partial charge is 0.481 e. The van der Waals surface area contributed by atoms with Crippen LogP contribution < -0.4 is 0 Å². The van der Waals surface area contributed by atoms with E-state index in [4.69, 9.17) is 10.2 Å². The molecular weight excluding hydrogens is 224 g/mol. The number of rotatable bonds is 7. The Bertz CT molecular complexity index is 301. The van der Waals surface area contributed by atoms with Crippen LogP contribution in [-0.2, 0) is 14.4 Å². The third kappa shape index (κ3) is 8.42. The van der Waals surface area contributed by atoms with E-state index in [1.54, 1.807) is 0 Å². The molecule has 0 rings (SSSR count). The van der Waals surface area contributed by atoms with Gasteiger partial charge in [-0.3, -0.25) is 14.4 Å². The number of hydrogen-bond donors (Lipinski definition) is 2. The molecule has 0 aliphatic rings. The summed E-state index contributed by atoms with van der Waals surface area (Å²) in [7, 11) is 0. The highest BCUT2D eigenvalue weighted by atomic mass is 16.4. The van der Waals surface area contributed by atoms with Crippen LogP contribution in [0.3, 0.4) is 0 Å². The second kappa shape index (κ2) is 6.37. The molecule has 0 bridgehead atoms. The first kappa shape index (κ1) is 15.6. The van der Waals surface area contributed by atoms with Gasteiger partial charge in [0.15, 0.2) is 0 Å². The first-order chi connectivity index (χ1) is 7.61. The van der Waals surface area contributed by atoms with Crippen molar-refractivity contribution >= 4 is 17.7 Å². The lowest BCUT2D eigenvalue weighted by atomic mass is 9.86. The molecule has 0 spiro atoms. The number of hydrogen-bond acceptors (Lipinski definition) is 3. The van der Waals surface area contributed by atoms with E-state index in [0.717, 1.165) is 0 Å². The van der Waals surface area contributed by atoms with Crippen LogP contribution >= 0.6 is 0 Å². The second-order valence-corrected chi connectivity index (χ2v) is 5.45. The molecule has 1 atom stereocenters. The van der Waals surface area contributed by atoms with Crippen molar-refractivity contribution in [2.45, 2.75) is 46.5 Å². The zero-order chi connectivity index (χ0) is 13.6. The van der Waals surface area contributed by atoms with E-state index < -0.39 is 17.9 Å². The molecule has 0 saturated heterocycles. The van der Waals surface area contributed by atoms with Crippen LogP contribution in [-0.4, -0.2) is 27.9 Å². The summed E-state index contributed by atoms with van der Waals surface area (Å²) in [5.41, 5.74) is -0.174. The fourth-order valence-corrected chi connectivity index (χ4v) is 1.55. The summed E-state index contributed by atoms with van der Waals surface area (Å²) < 4.78 is 0. The molecule has 0 saturated carbocycles. The van der Waals surface area contributed by atoms with Gasteiger partial charge in [0.2, 0.25) is 0 Å². The lowest BCUT2D eigenvalue weighted by Crippen LogP contribution is -2.22. The quantitative estimate of drug-likeness (QED) is 0.714. The Hall–Kier alpha value is -1.39. The van der Waals surface area contributed by atoms with Gasteiger partial charge in [-0.15, -0.1) is 0 Å². The summed E-state index contributed by atoms with van der Waals surface area (Å²) in [5.74, 6) is -3.16. The van der Waals surface area contributed by atoms with Crippen molar-refractivity contribution in [1.29, 1.82) is 0 Å². The van der Waals surface area contributed by atoms with Gasteiger partial charge in [-0.1, -0.05) is 20.8 Å². The van der Waals surface area contributed by atoms with E-state index in [9.17, 15) is 14.4 Å². The molecule has 17 heavy (non-hydrogen) atoms. The molecule has 0 aliphatic heterocycles. The normalized spacial score (nSPS) is 13.1. The molecule has 0 amide bonds. The molecule has 0 aromatic rings. The van der Waals surface area contributed by atoms with Crippen LogP contribution in [0.25, 0.3) is 0 Å². The van der Waals surface area contributed by atoms with E-state index in [1.165, 1.54) is 0 Å². The lowest BCUT2D eigenvalue weighted by Gasteiger charge is -2.18. The number of carboxylic acids is 2. The van der Waals surface area contributed by atoms with Crippen LogP contribution in [0.1, 0.15) is 46.5 Å². The molecule has 5 heteroatoms. The van der Waals surface area contributed by atoms with Crippen molar-refractivity contribution in [3.63, 3.8) is 0 Å². The zero-order valence-corrected chi connectivity index (χ0v) is 10.5. The highest BCUT2D eigenvalue weighted by Gasteiger charge is 2.24.